The minimum Gasteiger partial charge on any atom is -0.322 e. The summed E-state index contributed by atoms with van der Waals surface area (Å²) in [6.45, 7) is 0.620. The van der Waals surface area contributed by atoms with Crippen LogP contribution in [0.15, 0.2) is 91.4 Å². The van der Waals surface area contributed by atoms with Crippen molar-refractivity contribution in [1.29, 1.82) is 5.26 Å². The van der Waals surface area contributed by atoms with Gasteiger partial charge in [0.2, 0.25) is 5.91 Å². The first-order chi connectivity index (χ1) is 15.2. The summed E-state index contributed by atoms with van der Waals surface area (Å²) in [6, 6.07) is 22.7. The second kappa shape index (κ2) is 9.33. The lowest BCUT2D eigenvalue weighted by molar-refractivity contribution is -0.111. The molecular formula is C25H19N5O. The van der Waals surface area contributed by atoms with Crippen LogP contribution >= 0.6 is 0 Å². The maximum atomic E-state index is 12.4. The smallest absolute Gasteiger partial charge is 0.248 e. The van der Waals surface area contributed by atoms with Crippen molar-refractivity contribution in [3.05, 3.63) is 108 Å². The van der Waals surface area contributed by atoms with Gasteiger partial charge in [-0.2, -0.15) is 10.4 Å². The van der Waals surface area contributed by atoms with Crippen molar-refractivity contribution in [2.75, 3.05) is 5.32 Å². The van der Waals surface area contributed by atoms with Gasteiger partial charge < -0.3 is 5.32 Å². The van der Waals surface area contributed by atoms with E-state index in [1.807, 2.05) is 53.3 Å². The van der Waals surface area contributed by atoms with Crippen molar-refractivity contribution in [1.82, 2.24) is 14.8 Å². The second-order valence-electron chi connectivity index (χ2n) is 6.87. The van der Waals surface area contributed by atoms with Crippen molar-refractivity contribution in [3.8, 4) is 17.3 Å². The Morgan fingerprint density at radius 3 is 2.74 bits per heavy atom. The molecule has 2 heterocycles. The van der Waals surface area contributed by atoms with Crippen molar-refractivity contribution in [3.63, 3.8) is 0 Å². The third kappa shape index (κ3) is 5.11. The molecule has 6 heteroatoms. The maximum Gasteiger partial charge on any atom is 0.248 e. The lowest BCUT2D eigenvalue weighted by Gasteiger charge is -2.02. The molecule has 31 heavy (non-hydrogen) atoms. The molecule has 0 bridgehead atoms. The summed E-state index contributed by atoms with van der Waals surface area (Å²) in [5.74, 6) is -0.289. The molecule has 0 radical (unpaired) electrons. The molecule has 0 saturated heterocycles. The van der Waals surface area contributed by atoms with E-state index in [4.69, 9.17) is 10.4 Å². The van der Waals surface area contributed by atoms with Crippen molar-refractivity contribution in [2.45, 2.75) is 6.54 Å². The van der Waals surface area contributed by atoms with E-state index in [0.717, 1.165) is 22.4 Å². The molecule has 2 aromatic heterocycles. The van der Waals surface area contributed by atoms with E-state index < -0.39 is 0 Å². The minimum atomic E-state index is -0.289. The normalized spacial score (nSPS) is 10.7. The van der Waals surface area contributed by atoms with Gasteiger partial charge in [-0.3, -0.25) is 14.5 Å². The molecule has 0 unspecified atom stereocenters. The molecule has 1 N–H and O–H groups in total. The van der Waals surface area contributed by atoms with Crippen molar-refractivity contribution < 1.29 is 4.79 Å². The summed E-state index contributed by atoms with van der Waals surface area (Å²) in [7, 11) is 0. The number of anilines is 1. The zero-order valence-electron chi connectivity index (χ0n) is 16.6. The minimum absolute atomic E-state index is 0.289. The number of carbonyl (C=O) groups is 1. The fraction of sp³-hybridized carbons (Fsp3) is 0.0400. The van der Waals surface area contributed by atoms with E-state index in [2.05, 4.69) is 16.4 Å². The highest BCUT2D eigenvalue weighted by Crippen LogP contribution is 2.23. The van der Waals surface area contributed by atoms with Gasteiger partial charge in [0, 0.05) is 41.5 Å². The number of hydrogen-bond acceptors (Lipinski definition) is 4. The van der Waals surface area contributed by atoms with Gasteiger partial charge in [0.25, 0.3) is 0 Å². The van der Waals surface area contributed by atoms with Crippen LogP contribution in [0.4, 0.5) is 5.69 Å². The number of aromatic nitrogens is 3. The molecule has 0 fully saturated rings. The molecule has 0 aliphatic heterocycles. The number of nitriles is 1. The first-order valence-electron chi connectivity index (χ1n) is 9.72. The van der Waals surface area contributed by atoms with Crippen LogP contribution in [0.2, 0.25) is 0 Å². The van der Waals surface area contributed by atoms with Gasteiger partial charge >= 0.3 is 0 Å². The molecule has 0 atom stereocenters. The van der Waals surface area contributed by atoms with E-state index in [1.165, 1.54) is 6.08 Å². The highest BCUT2D eigenvalue weighted by Gasteiger charge is 2.10. The Kier molecular flexibility index (Phi) is 5.96. The largest absolute Gasteiger partial charge is 0.322 e. The summed E-state index contributed by atoms with van der Waals surface area (Å²) in [4.78, 5) is 16.6. The fourth-order valence-electron chi connectivity index (χ4n) is 3.15. The predicted octanol–water partition coefficient (Wildman–Crippen LogP) is 4.52. The third-order valence-electron chi connectivity index (χ3n) is 4.59. The Bertz CT molecular complexity index is 1250. The fourth-order valence-corrected chi connectivity index (χ4v) is 3.15. The summed E-state index contributed by atoms with van der Waals surface area (Å²) in [5.41, 5.74) is 4.62. The molecule has 150 valence electrons. The van der Waals surface area contributed by atoms with Crippen LogP contribution in [0.3, 0.4) is 0 Å². The van der Waals surface area contributed by atoms with Gasteiger partial charge in [-0.25, -0.2) is 0 Å². The second-order valence-corrected chi connectivity index (χ2v) is 6.87. The molecule has 0 aliphatic carbocycles. The molecule has 1 amide bonds. The quantitative estimate of drug-likeness (QED) is 0.478. The number of rotatable bonds is 6. The lowest BCUT2D eigenvalue weighted by atomic mass is 10.1. The number of amides is 1. The molecule has 6 nitrogen and oxygen atoms in total. The average Bonchev–Trinajstić information content (AvgIpc) is 3.21. The molecule has 2 aromatic carbocycles. The first-order valence-corrected chi connectivity index (χ1v) is 9.72. The number of nitrogens with one attached hydrogen (secondary N) is 1. The van der Waals surface area contributed by atoms with E-state index in [-0.39, 0.29) is 5.91 Å². The zero-order valence-corrected chi connectivity index (χ0v) is 16.6. The Morgan fingerprint density at radius 1 is 1.10 bits per heavy atom. The number of hydrogen-bond donors (Lipinski definition) is 1. The number of nitrogens with zero attached hydrogens (tertiary/aromatic N) is 4. The molecule has 0 spiro atoms. The van der Waals surface area contributed by atoms with Gasteiger partial charge in [0.15, 0.2) is 0 Å². The summed E-state index contributed by atoms with van der Waals surface area (Å²) >= 11 is 0. The predicted molar refractivity (Wildman–Crippen MR) is 120 cm³/mol. The van der Waals surface area contributed by atoms with Crippen LogP contribution in [-0.2, 0) is 11.3 Å². The molecule has 4 aromatic rings. The highest BCUT2D eigenvalue weighted by molar-refractivity contribution is 6.02. The van der Waals surface area contributed by atoms with Crippen molar-refractivity contribution >= 4 is 17.7 Å². The lowest BCUT2D eigenvalue weighted by Crippen LogP contribution is -2.07. The molecule has 4 rings (SSSR count). The van der Waals surface area contributed by atoms with E-state index in [1.54, 1.807) is 42.7 Å². The van der Waals surface area contributed by atoms with E-state index in [9.17, 15) is 4.79 Å². The number of pyridine rings is 1. The Balaban J connectivity index is 1.58. The summed E-state index contributed by atoms with van der Waals surface area (Å²) in [6.07, 6.45) is 8.57. The SMILES string of the molecule is N#Cc1cccc(NC(=O)/C=C/c2cn(Cc3ccccc3)nc2-c2cccnc2)c1. The van der Waals surface area contributed by atoms with E-state index in [0.29, 0.717) is 17.8 Å². The monoisotopic (exact) mass is 405 g/mol. The standard InChI is InChI=1S/C25H19N5O/c26-15-20-8-4-10-23(14-20)28-24(31)12-11-22-18-30(17-19-6-2-1-3-7-19)29-25(22)21-9-5-13-27-16-21/h1-14,16,18H,17H2,(H,28,31)/b12-11+. The van der Waals surface area contributed by atoms with Gasteiger partial charge in [-0.05, 0) is 42.0 Å². The molecular weight excluding hydrogens is 386 g/mol. The first kappa shape index (κ1) is 19.8. The number of benzene rings is 2. The van der Waals surface area contributed by atoms with Crippen molar-refractivity contribution in [2.24, 2.45) is 0 Å². The summed E-state index contributed by atoms with van der Waals surface area (Å²) in [5, 5.41) is 16.5. The average molecular weight is 405 g/mol. The van der Waals surface area contributed by atoms with Crippen LogP contribution in [0.1, 0.15) is 16.7 Å². The van der Waals surface area contributed by atoms with Crippen LogP contribution < -0.4 is 5.32 Å². The number of carbonyl (C=O) groups excluding carboxylic acids is 1. The Labute approximate surface area is 180 Å². The van der Waals surface area contributed by atoms with Crippen LogP contribution in [0.25, 0.3) is 17.3 Å². The Hall–Kier alpha value is -4.50. The topological polar surface area (TPSA) is 83.6 Å². The summed E-state index contributed by atoms with van der Waals surface area (Å²) < 4.78 is 1.85. The van der Waals surface area contributed by atoms with Gasteiger partial charge in [-0.1, -0.05) is 36.4 Å². The van der Waals surface area contributed by atoms with E-state index >= 15 is 0 Å². The third-order valence-corrected chi connectivity index (χ3v) is 4.59. The van der Waals surface area contributed by atoms with Gasteiger partial charge in [0.1, 0.15) is 5.69 Å². The van der Waals surface area contributed by atoms with Gasteiger partial charge in [-0.15, -0.1) is 0 Å². The maximum absolute atomic E-state index is 12.4. The van der Waals surface area contributed by atoms with Gasteiger partial charge in [0.05, 0.1) is 18.2 Å². The molecule has 0 aliphatic rings. The van der Waals surface area contributed by atoms with Crippen LogP contribution in [-0.4, -0.2) is 20.7 Å². The zero-order chi connectivity index (χ0) is 21.5. The highest BCUT2D eigenvalue weighted by atomic mass is 16.1. The van der Waals surface area contributed by atoms with Crippen LogP contribution in [0.5, 0.6) is 0 Å². The molecule has 0 saturated carbocycles. The Morgan fingerprint density at radius 2 is 1.97 bits per heavy atom. The van der Waals surface area contributed by atoms with Crippen LogP contribution in [0, 0.1) is 11.3 Å².